The highest BCUT2D eigenvalue weighted by molar-refractivity contribution is 7.10. The quantitative estimate of drug-likeness (QED) is 0.586. The Morgan fingerprint density at radius 2 is 2.30 bits per heavy atom. The van der Waals surface area contributed by atoms with E-state index in [1.54, 1.807) is 30.6 Å². The molecule has 1 fully saturated rings. The van der Waals surface area contributed by atoms with Crippen LogP contribution in [0.4, 0.5) is 10.2 Å². The molecule has 0 bridgehead atoms. The minimum absolute atomic E-state index is 0.206. The Labute approximate surface area is 164 Å². The van der Waals surface area contributed by atoms with Crippen LogP contribution in [0.3, 0.4) is 0 Å². The third kappa shape index (κ3) is 4.95. The van der Waals surface area contributed by atoms with Gasteiger partial charge >= 0.3 is 0 Å². The molecule has 0 amide bonds. The van der Waals surface area contributed by atoms with Gasteiger partial charge in [0.2, 0.25) is 0 Å². The summed E-state index contributed by atoms with van der Waals surface area (Å²) >= 11 is 1.76. The van der Waals surface area contributed by atoms with Crippen LogP contribution < -0.4 is 15.5 Å². The first kappa shape index (κ1) is 19.6. The Kier molecular flexibility index (Phi) is 6.63. The maximum atomic E-state index is 14.0. The fraction of sp³-hybridized carbons (Fsp3) is 0.474. The lowest BCUT2D eigenvalue weighted by atomic mass is 10.2. The normalized spacial score (nSPS) is 18.8. The van der Waals surface area contributed by atoms with Crippen molar-refractivity contribution >= 4 is 23.1 Å². The first-order valence-electron chi connectivity index (χ1n) is 9.11. The average Bonchev–Trinajstić information content (AvgIpc) is 3.33. The zero-order valence-corrected chi connectivity index (χ0v) is 16.8. The topological polar surface area (TPSA) is 55.8 Å². The molecule has 0 aliphatic carbocycles. The molecule has 0 aromatic carbocycles. The largest absolute Gasteiger partial charge is 0.354 e. The van der Waals surface area contributed by atoms with E-state index in [0.29, 0.717) is 12.4 Å². The molecule has 2 atom stereocenters. The smallest absolute Gasteiger partial charge is 0.191 e. The van der Waals surface area contributed by atoms with Crippen molar-refractivity contribution in [2.75, 3.05) is 45.7 Å². The number of guanidine groups is 1. The van der Waals surface area contributed by atoms with Gasteiger partial charge < -0.3 is 20.4 Å². The molecule has 0 saturated carbocycles. The lowest BCUT2D eigenvalue weighted by Crippen LogP contribution is -2.46. The van der Waals surface area contributed by atoms with Crippen molar-refractivity contribution < 1.29 is 4.39 Å². The maximum Gasteiger partial charge on any atom is 0.191 e. The summed E-state index contributed by atoms with van der Waals surface area (Å²) in [4.78, 5) is 14.0. The van der Waals surface area contributed by atoms with Crippen LogP contribution >= 0.6 is 11.3 Å². The Bertz CT molecular complexity index is 748. The number of nitrogens with one attached hydrogen (secondary N) is 2. The molecule has 1 aliphatic rings. The molecule has 2 unspecified atom stereocenters. The van der Waals surface area contributed by atoms with E-state index in [1.807, 2.05) is 4.90 Å². The van der Waals surface area contributed by atoms with Gasteiger partial charge in [-0.25, -0.2) is 9.37 Å². The van der Waals surface area contributed by atoms with Crippen molar-refractivity contribution in [3.63, 3.8) is 0 Å². The SMILES string of the molecule is CN=C(NCC(c1cccs1)N(C)C)NC1CCN(c2ncccc2F)C1. The number of aliphatic imine (C=N–C) groups is 1. The van der Waals surface area contributed by atoms with E-state index in [1.165, 1.54) is 10.9 Å². The zero-order valence-electron chi connectivity index (χ0n) is 16.0. The summed E-state index contributed by atoms with van der Waals surface area (Å²) in [5.74, 6) is 0.923. The first-order chi connectivity index (χ1) is 13.1. The molecule has 6 nitrogen and oxygen atoms in total. The molecule has 3 rings (SSSR count). The van der Waals surface area contributed by atoms with Gasteiger partial charge in [0.1, 0.15) is 0 Å². The molecule has 3 heterocycles. The summed E-state index contributed by atoms with van der Waals surface area (Å²) in [7, 11) is 5.94. The molecule has 8 heteroatoms. The Balaban J connectivity index is 1.54. The van der Waals surface area contributed by atoms with E-state index in [2.05, 4.69) is 57.1 Å². The predicted octanol–water partition coefficient (Wildman–Crippen LogP) is 2.33. The second-order valence-corrected chi connectivity index (χ2v) is 7.81. The lowest BCUT2D eigenvalue weighted by Gasteiger charge is -2.25. The number of halogens is 1. The van der Waals surface area contributed by atoms with Crippen LogP contribution in [0.1, 0.15) is 17.3 Å². The summed E-state index contributed by atoms with van der Waals surface area (Å²) in [6.07, 6.45) is 2.55. The van der Waals surface area contributed by atoms with Crippen molar-refractivity contribution in [2.24, 2.45) is 4.99 Å². The number of anilines is 1. The number of rotatable bonds is 6. The number of pyridine rings is 1. The second-order valence-electron chi connectivity index (χ2n) is 6.83. The van der Waals surface area contributed by atoms with Crippen molar-refractivity contribution in [1.29, 1.82) is 0 Å². The van der Waals surface area contributed by atoms with E-state index in [-0.39, 0.29) is 17.9 Å². The van der Waals surface area contributed by atoms with Crippen molar-refractivity contribution in [3.05, 3.63) is 46.5 Å². The van der Waals surface area contributed by atoms with E-state index in [4.69, 9.17) is 0 Å². The first-order valence-corrected chi connectivity index (χ1v) is 9.99. The summed E-state index contributed by atoms with van der Waals surface area (Å²) in [6.45, 7) is 2.24. The zero-order chi connectivity index (χ0) is 19.2. The van der Waals surface area contributed by atoms with Crippen LogP contribution in [-0.2, 0) is 0 Å². The van der Waals surface area contributed by atoms with Gasteiger partial charge in [-0.15, -0.1) is 11.3 Å². The molecule has 0 radical (unpaired) electrons. The molecule has 1 saturated heterocycles. The van der Waals surface area contributed by atoms with E-state index in [9.17, 15) is 4.39 Å². The third-order valence-electron chi connectivity index (χ3n) is 4.75. The van der Waals surface area contributed by atoms with Gasteiger partial charge in [0.05, 0.1) is 6.04 Å². The lowest BCUT2D eigenvalue weighted by molar-refractivity contribution is 0.302. The average molecular weight is 391 g/mol. The molecule has 27 heavy (non-hydrogen) atoms. The second kappa shape index (κ2) is 9.14. The van der Waals surface area contributed by atoms with Crippen molar-refractivity contribution in [2.45, 2.75) is 18.5 Å². The number of aromatic nitrogens is 1. The molecule has 0 spiro atoms. The molecule has 1 aliphatic heterocycles. The third-order valence-corrected chi connectivity index (χ3v) is 5.72. The minimum atomic E-state index is -0.273. The highest BCUT2D eigenvalue weighted by Gasteiger charge is 2.26. The van der Waals surface area contributed by atoms with Crippen molar-refractivity contribution in [1.82, 2.24) is 20.5 Å². The minimum Gasteiger partial charge on any atom is -0.354 e. The van der Waals surface area contributed by atoms with Gasteiger partial charge in [0.15, 0.2) is 17.6 Å². The molecule has 2 aromatic rings. The molecule has 2 aromatic heterocycles. The number of likely N-dealkylation sites (N-methyl/N-ethyl adjacent to an activating group) is 1. The fourth-order valence-corrected chi connectivity index (χ4v) is 4.20. The Morgan fingerprint density at radius 1 is 1.44 bits per heavy atom. The van der Waals surface area contributed by atoms with Gasteiger partial charge in [-0.3, -0.25) is 4.99 Å². The van der Waals surface area contributed by atoms with Gasteiger partial charge in [0, 0.05) is 43.8 Å². The molecular weight excluding hydrogens is 363 g/mol. The van der Waals surface area contributed by atoms with Crippen LogP contribution in [0.2, 0.25) is 0 Å². The molecular formula is C19H27FN6S. The number of thiophene rings is 1. The van der Waals surface area contributed by atoms with E-state index < -0.39 is 0 Å². The van der Waals surface area contributed by atoms with Gasteiger partial charge in [0.25, 0.3) is 0 Å². The van der Waals surface area contributed by atoms with Gasteiger partial charge in [-0.05, 0) is 44.1 Å². The van der Waals surface area contributed by atoms with Crippen LogP contribution in [0.15, 0.2) is 40.8 Å². The summed E-state index contributed by atoms with van der Waals surface area (Å²) in [5.41, 5.74) is 0. The predicted molar refractivity (Wildman–Crippen MR) is 110 cm³/mol. The fourth-order valence-electron chi connectivity index (χ4n) is 3.28. The van der Waals surface area contributed by atoms with Crippen molar-refractivity contribution in [3.8, 4) is 0 Å². The maximum absolute atomic E-state index is 14.0. The number of hydrogen-bond acceptors (Lipinski definition) is 5. The Hall–Kier alpha value is -2.19. The standard InChI is InChI=1S/C19H27FN6S/c1-21-19(23-12-16(25(2)3)17-7-5-11-27-17)24-14-8-10-26(13-14)18-15(20)6-4-9-22-18/h4-7,9,11,14,16H,8,10,12-13H2,1-3H3,(H2,21,23,24). The highest BCUT2D eigenvalue weighted by atomic mass is 32.1. The molecule has 2 N–H and O–H groups in total. The monoisotopic (exact) mass is 390 g/mol. The number of hydrogen-bond donors (Lipinski definition) is 2. The van der Waals surface area contributed by atoms with Crippen LogP contribution in [0.5, 0.6) is 0 Å². The van der Waals surface area contributed by atoms with Crippen LogP contribution in [0.25, 0.3) is 0 Å². The molecule has 146 valence electrons. The van der Waals surface area contributed by atoms with Crippen LogP contribution in [0, 0.1) is 5.82 Å². The van der Waals surface area contributed by atoms with Crippen LogP contribution in [-0.4, -0.2) is 62.7 Å². The highest BCUT2D eigenvalue weighted by Crippen LogP contribution is 2.23. The summed E-state index contributed by atoms with van der Waals surface area (Å²) in [6, 6.07) is 7.79. The Morgan fingerprint density at radius 3 is 2.96 bits per heavy atom. The van der Waals surface area contributed by atoms with E-state index >= 15 is 0 Å². The van der Waals surface area contributed by atoms with Gasteiger partial charge in [-0.1, -0.05) is 6.07 Å². The summed E-state index contributed by atoms with van der Waals surface area (Å²) in [5, 5.41) is 8.98. The van der Waals surface area contributed by atoms with E-state index in [0.717, 1.165) is 25.5 Å². The number of nitrogens with zero attached hydrogens (tertiary/aromatic N) is 4. The van der Waals surface area contributed by atoms with Gasteiger partial charge in [-0.2, -0.15) is 0 Å². The summed E-state index contributed by atoms with van der Waals surface area (Å²) < 4.78 is 14.0.